The van der Waals surface area contributed by atoms with Crippen LogP contribution in [0.3, 0.4) is 0 Å². The number of ether oxygens (including phenoxy) is 3. The molecule has 0 saturated carbocycles. The van der Waals surface area contributed by atoms with Gasteiger partial charge in [-0.15, -0.1) is 12.4 Å². The SMILES string of the molecule is COc1cc(CN2CCN[C@@H](C)C2)ccc1OCC(=O)N1CCOCC1.Cl. The Bertz CT molecular complexity index is 611. The van der Waals surface area contributed by atoms with Crippen molar-refractivity contribution in [2.75, 3.05) is 59.7 Å². The molecule has 2 fully saturated rings. The third-order valence-corrected chi connectivity index (χ3v) is 4.80. The maximum absolute atomic E-state index is 12.2. The number of carbonyl (C=O) groups is 1. The van der Waals surface area contributed by atoms with Crippen molar-refractivity contribution in [3.63, 3.8) is 0 Å². The van der Waals surface area contributed by atoms with Gasteiger partial charge in [-0.1, -0.05) is 6.07 Å². The zero-order valence-corrected chi connectivity index (χ0v) is 16.9. The Labute approximate surface area is 167 Å². The molecule has 1 N–H and O–H groups in total. The molecule has 27 heavy (non-hydrogen) atoms. The van der Waals surface area contributed by atoms with Crippen molar-refractivity contribution in [2.24, 2.45) is 0 Å². The number of hydrogen-bond acceptors (Lipinski definition) is 6. The van der Waals surface area contributed by atoms with Gasteiger partial charge < -0.3 is 24.4 Å². The number of rotatable bonds is 6. The fraction of sp³-hybridized carbons (Fsp3) is 0.632. The van der Waals surface area contributed by atoms with E-state index in [9.17, 15) is 4.79 Å². The van der Waals surface area contributed by atoms with Gasteiger partial charge >= 0.3 is 0 Å². The lowest BCUT2D eigenvalue weighted by Crippen LogP contribution is -2.48. The Morgan fingerprint density at radius 1 is 1.26 bits per heavy atom. The number of halogens is 1. The molecule has 1 aromatic rings. The molecule has 1 atom stereocenters. The van der Waals surface area contributed by atoms with E-state index in [4.69, 9.17) is 14.2 Å². The molecule has 0 spiro atoms. The van der Waals surface area contributed by atoms with Gasteiger partial charge in [-0.05, 0) is 24.6 Å². The lowest BCUT2D eigenvalue weighted by atomic mass is 10.1. The summed E-state index contributed by atoms with van der Waals surface area (Å²) in [5.41, 5.74) is 1.18. The summed E-state index contributed by atoms with van der Waals surface area (Å²) in [6.45, 7) is 8.64. The van der Waals surface area contributed by atoms with Crippen LogP contribution >= 0.6 is 12.4 Å². The second-order valence-electron chi connectivity index (χ2n) is 6.86. The van der Waals surface area contributed by atoms with Crippen molar-refractivity contribution >= 4 is 18.3 Å². The van der Waals surface area contributed by atoms with Gasteiger partial charge in [-0.25, -0.2) is 0 Å². The highest BCUT2D eigenvalue weighted by Gasteiger charge is 2.19. The van der Waals surface area contributed by atoms with Crippen molar-refractivity contribution in [3.8, 4) is 11.5 Å². The van der Waals surface area contributed by atoms with Crippen LogP contribution in [0, 0.1) is 0 Å². The number of morpholine rings is 1. The summed E-state index contributed by atoms with van der Waals surface area (Å²) < 4.78 is 16.5. The fourth-order valence-electron chi connectivity index (χ4n) is 3.39. The lowest BCUT2D eigenvalue weighted by Gasteiger charge is -2.31. The Morgan fingerprint density at radius 3 is 2.74 bits per heavy atom. The van der Waals surface area contributed by atoms with Crippen molar-refractivity contribution in [3.05, 3.63) is 23.8 Å². The molecule has 0 unspecified atom stereocenters. The highest BCUT2D eigenvalue weighted by Crippen LogP contribution is 2.28. The number of methoxy groups -OCH3 is 1. The van der Waals surface area contributed by atoms with Crippen LogP contribution in [0.5, 0.6) is 11.5 Å². The van der Waals surface area contributed by atoms with Gasteiger partial charge in [-0.2, -0.15) is 0 Å². The van der Waals surface area contributed by atoms with Crippen LogP contribution in [0.25, 0.3) is 0 Å². The fourth-order valence-corrected chi connectivity index (χ4v) is 3.39. The van der Waals surface area contributed by atoms with E-state index in [-0.39, 0.29) is 24.9 Å². The predicted octanol–water partition coefficient (Wildman–Crippen LogP) is 1.15. The Morgan fingerprint density at radius 2 is 2.04 bits per heavy atom. The number of nitrogens with one attached hydrogen (secondary N) is 1. The van der Waals surface area contributed by atoms with E-state index in [1.165, 1.54) is 5.56 Å². The standard InChI is InChI=1S/C19H29N3O4.ClH/c1-15-12-21(6-5-20-15)13-16-3-4-17(18(11-16)24-2)26-14-19(23)22-7-9-25-10-8-22;/h3-4,11,15,20H,5-10,12-14H2,1-2H3;1H/t15-;/m0./s1. The average Bonchev–Trinajstić information content (AvgIpc) is 2.67. The number of benzene rings is 1. The molecule has 2 aliphatic heterocycles. The summed E-state index contributed by atoms with van der Waals surface area (Å²) in [5.74, 6) is 1.25. The Kier molecular flexibility index (Phi) is 8.63. The highest BCUT2D eigenvalue weighted by atomic mass is 35.5. The van der Waals surface area contributed by atoms with Crippen molar-refractivity contribution in [1.82, 2.24) is 15.1 Å². The normalized spacial score (nSPS) is 20.7. The average molecular weight is 400 g/mol. The van der Waals surface area contributed by atoms with Crippen molar-refractivity contribution < 1.29 is 19.0 Å². The Hall–Kier alpha value is -1.54. The topological polar surface area (TPSA) is 63.3 Å². The van der Waals surface area contributed by atoms with E-state index in [1.807, 2.05) is 18.2 Å². The molecule has 0 aromatic heterocycles. The van der Waals surface area contributed by atoms with Crippen molar-refractivity contribution in [2.45, 2.75) is 19.5 Å². The minimum atomic E-state index is -0.0192. The molecule has 0 radical (unpaired) electrons. The first-order valence-electron chi connectivity index (χ1n) is 9.26. The van der Waals surface area contributed by atoms with Crippen LogP contribution in [0.2, 0.25) is 0 Å². The molecule has 152 valence electrons. The predicted molar refractivity (Wildman–Crippen MR) is 106 cm³/mol. The summed E-state index contributed by atoms with van der Waals surface area (Å²) in [7, 11) is 1.63. The van der Waals surface area contributed by atoms with Gasteiger partial charge in [-0.3, -0.25) is 9.69 Å². The van der Waals surface area contributed by atoms with Gasteiger partial charge in [0.05, 0.1) is 20.3 Å². The maximum atomic E-state index is 12.2. The lowest BCUT2D eigenvalue weighted by molar-refractivity contribution is -0.137. The molecule has 2 saturated heterocycles. The number of nitrogens with zero attached hydrogens (tertiary/aromatic N) is 2. The molecule has 8 heteroatoms. The van der Waals surface area contributed by atoms with Crippen LogP contribution in [-0.4, -0.2) is 81.4 Å². The van der Waals surface area contributed by atoms with Gasteiger partial charge in [0.25, 0.3) is 5.91 Å². The van der Waals surface area contributed by atoms with Crippen LogP contribution < -0.4 is 14.8 Å². The zero-order chi connectivity index (χ0) is 18.4. The third kappa shape index (κ3) is 6.24. The van der Waals surface area contributed by atoms with Crippen LogP contribution in [0.4, 0.5) is 0 Å². The van der Waals surface area contributed by atoms with E-state index in [1.54, 1.807) is 12.0 Å². The molecule has 2 aliphatic rings. The third-order valence-electron chi connectivity index (χ3n) is 4.80. The van der Waals surface area contributed by atoms with E-state index >= 15 is 0 Å². The molecule has 1 aromatic carbocycles. The van der Waals surface area contributed by atoms with Gasteiger partial charge in [0.15, 0.2) is 18.1 Å². The molecule has 1 amide bonds. The number of piperazine rings is 1. The zero-order valence-electron chi connectivity index (χ0n) is 16.1. The van der Waals surface area contributed by atoms with Crippen molar-refractivity contribution in [1.29, 1.82) is 0 Å². The molecule has 0 bridgehead atoms. The van der Waals surface area contributed by atoms with E-state index in [2.05, 4.69) is 17.1 Å². The quantitative estimate of drug-likeness (QED) is 0.774. The first kappa shape index (κ1) is 21.8. The van der Waals surface area contributed by atoms with Gasteiger partial charge in [0.2, 0.25) is 0 Å². The summed E-state index contributed by atoms with van der Waals surface area (Å²) in [4.78, 5) is 16.4. The summed E-state index contributed by atoms with van der Waals surface area (Å²) in [6.07, 6.45) is 0. The molecular weight excluding hydrogens is 370 g/mol. The van der Waals surface area contributed by atoms with E-state index in [0.29, 0.717) is 43.8 Å². The first-order chi connectivity index (χ1) is 12.7. The highest BCUT2D eigenvalue weighted by molar-refractivity contribution is 5.85. The molecule has 3 rings (SSSR count). The minimum absolute atomic E-state index is 0. The molecular formula is C19H30ClN3O4. The second kappa shape index (κ2) is 10.7. The summed E-state index contributed by atoms with van der Waals surface area (Å²) in [6, 6.07) is 6.46. The minimum Gasteiger partial charge on any atom is -0.493 e. The monoisotopic (exact) mass is 399 g/mol. The number of amides is 1. The van der Waals surface area contributed by atoms with Crippen LogP contribution in [0.15, 0.2) is 18.2 Å². The molecule has 7 nitrogen and oxygen atoms in total. The van der Waals surface area contributed by atoms with Crippen LogP contribution in [0.1, 0.15) is 12.5 Å². The Balaban J connectivity index is 0.00000261. The van der Waals surface area contributed by atoms with Crippen LogP contribution in [-0.2, 0) is 16.1 Å². The smallest absolute Gasteiger partial charge is 0.260 e. The number of hydrogen-bond donors (Lipinski definition) is 1. The number of carbonyl (C=O) groups excluding carboxylic acids is 1. The first-order valence-corrected chi connectivity index (χ1v) is 9.26. The van der Waals surface area contributed by atoms with Gasteiger partial charge in [0, 0.05) is 45.3 Å². The molecule has 2 heterocycles. The van der Waals surface area contributed by atoms with E-state index < -0.39 is 0 Å². The van der Waals surface area contributed by atoms with Gasteiger partial charge in [0.1, 0.15) is 0 Å². The summed E-state index contributed by atoms with van der Waals surface area (Å²) in [5, 5.41) is 3.45. The van der Waals surface area contributed by atoms with E-state index in [0.717, 1.165) is 26.2 Å². The largest absolute Gasteiger partial charge is 0.493 e. The summed E-state index contributed by atoms with van der Waals surface area (Å²) >= 11 is 0. The second-order valence-corrected chi connectivity index (χ2v) is 6.86. The molecule has 0 aliphatic carbocycles. The maximum Gasteiger partial charge on any atom is 0.260 e.